The Balaban J connectivity index is 0.00000210. The molecule has 0 unspecified atom stereocenters. The van der Waals surface area contributed by atoms with E-state index >= 15 is 0 Å². The zero-order valence-corrected chi connectivity index (χ0v) is 17.4. The molecule has 0 spiro atoms. The number of fused-ring (bicyclic) bond motifs is 1. The molecule has 2 aromatic carbocycles. The lowest BCUT2D eigenvalue weighted by Gasteiger charge is -2.11. The number of benzene rings is 2. The lowest BCUT2D eigenvalue weighted by atomic mass is 10.0. The van der Waals surface area contributed by atoms with Gasteiger partial charge in [0.2, 0.25) is 0 Å². The number of aromatic amines is 1. The van der Waals surface area contributed by atoms with Crippen molar-refractivity contribution in [3.8, 4) is 17.2 Å². The number of hydrogen-bond donors (Lipinski definition) is 4. The van der Waals surface area contributed by atoms with Crippen LogP contribution >= 0.6 is 24.8 Å². The molecule has 0 radical (unpaired) electrons. The van der Waals surface area contributed by atoms with Crippen molar-refractivity contribution in [3.63, 3.8) is 0 Å². The number of carbonyl (C=O) groups excluding carboxylic acids is 1. The maximum absolute atomic E-state index is 12.3. The summed E-state index contributed by atoms with van der Waals surface area (Å²) >= 11 is 0. The van der Waals surface area contributed by atoms with Gasteiger partial charge in [0, 0.05) is 12.6 Å². The van der Waals surface area contributed by atoms with Gasteiger partial charge in [-0.05, 0) is 54.8 Å². The molecule has 1 aromatic heterocycles. The van der Waals surface area contributed by atoms with Crippen molar-refractivity contribution in [2.75, 3.05) is 13.1 Å². The molecule has 6 N–H and O–H groups in total. The van der Waals surface area contributed by atoms with Crippen LogP contribution in [0.25, 0.3) is 22.2 Å². The maximum Gasteiger partial charge on any atom is 0.287 e. The van der Waals surface area contributed by atoms with Gasteiger partial charge in [-0.2, -0.15) is 5.26 Å². The van der Waals surface area contributed by atoms with E-state index < -0.39 is 0 Å². The van der Waals surface area contributed by atoms with Crippen molar-refractivity contribution in [3.05, 3.63) is 53.9 Å². The van der Waals surface area contributed by atoms with Crippen LogP contribution in [0.1, 0.15) is 29.0 Å². The van der Waals surface area contributed by atoms with Crippen molar-refractivity contribution >= 4 is 41.8 Å². The Hall–Kier alpha value is -2.63. The number of carbonyl (C=O) groups is 1. The van der Waals surface area contributed by atoms with Gasteiger partial charge in [-0.15, -0.1) is 24.8 Å². The van der Waals surface area contributed by atoms with Gasteiger partial charge in [-0.25, -0.2) is 4.98 Å². The first-order valence-electron chi connectivity index (χ1n) is 8.85. The molecule has 0 saturated heterocycles. The van der Waals surface area contributed by atoms with Crippen LogP contribution in [0.15, 0.2) is 42.5 Å². The fourth-order valence-corrected chi connectivity index (χ4v) is 2.85. The molecule has 29 heavy (non-hydrogen) atoms. The van der Waals surface area contributed by atoms with Gasteiger partial charge in [-0.1, -0.05) is 18.2 Å². The summed E-state index contributed by atoms with van der Waals surface area (Å²) in [5.41, 5.74) is 15.3. The number of halogens is 2. The van der Waals surface area contributed by atoms with Crippen molar-refractivity contribution < 1.29 is 4.79 Å². The second-order valence-corrected chi connectivity index (χ2v) is 6.41. The molecule has 1 heterocycles. The lowest BCUT2D eigenvalue weighted by Crippen LogP contribution is -2.37. The quantitative estimate of drug-likeness (QED) is 0.453. The highest BCUT2D eigenvalue weighted by atomic mass is 35.5. The molecule has 3 aromatic rings. The molecule has 1 atom stereocenters. The smallest absolute Gasteiger partial charge is 0.287 e. The number of H-pyrrole nitrogens is 1. The second kappa shape index (κ2) is 11.4. The van der Waals surface area contributed by atoms with Crippen LogP contribution in [0.3, 0.4) is 0 Å². The molecule has 0 aliphatic rings. The lowest BCUT2D eigenvalue weighted by molar-refractivity contribution is 0.0941. The average molecular weight is 435 g/mol. The summed E-state index contributed by atoms with van der Waals surface area (Å²) in [6.07, 6.45) is 1.60. The molecule has 3 rings (SSSR count). The van der Waals surface area contributed by atoms with Crippen molar-refractivity contribution in [2.45, 2.75) is 18.9 Å². The van der Waals surface area contributed by atoms with E-state index in [1.54, 1.807) is 6.07 Å². The third-order valence-electron chi connectivity index (χ3n) is 4.33. The summed E-state index contributed by atoms with van der Waals surface area (Å²) in [6.45, 7) is 0.965. The molecule has 7 nitrogen and oxygen atoms in total. The van der Waals surface area contributed by atoms with Crippen LogP contribution in [0, 0.1) is 11.3 Å². The Morgan fingerprint density at radius 2 is 1.97 bits per heavy atom. The molecule has 0 fully saturated rings. The number of nitriles is 1. The molecule has 9 heteroatoms. The molecular formula is C20H24Cl2N6O. The third-order valence-corrected chi connectivity index (χ3v) is 4.33. The van der Waals surface area contributed by atoms with Crippen LogP contribution in [0.2, 0.25) is 0 Å². The number of aromatic nitrogens is 2. The zero-order valence-electron chi connectivity index (χ0n) is 15.7. The average Bonchev–Trinajstić information content (AvgIpc) is 3.13. The van der Waals surface area contributed by atoms with E-state index in [9.17, 15) is 4.79 Å². The monoisotopic (exact) mass is 434 g/mol. The summed E-state index contributed by atoms with van der Waals surface area (Å²) in [5, 5.41) is 11.9. The normalized spacial score (nSPS) is 11.1. The molecule has 0 bridgehead atoms. The first kappa shape index (κ1) is 24.4. The fourth-order valence-electron chi connectivity index (χ4n) is 2.85. The number of imidazole rings is 1. The van der Waals surface area contributed by atoms with Crippen molar-refractivity contribution in [1.82, 2.24) is 15.3 Å². The Bertz CT molecular complexity index is 998. The van der Waals surface area contributed by atoms with Gasteiger partial charge in [0.1, 0.15) is 0 Å². The third kappa shape index (κ3) is 6.17. The van der Waals surface area contributed by atoms with Gasteiger partial charge >= 0.3 is 0 Å². The van der Waals surface area contributed by atoms with Crippen molar-refractivity contribution in [1.29, 1.82) is 5.26 Å². The van der Waals surface area contributed by atoms with E-state index in [-0.39, 0.29) is 42.6 Å². The van der Waals surface area contributed by atoms with Crippen LogP contribution in [0.5, 0.6) is 0 Å². The summed E-state index contributed by atoms with van der Waals surface area (Å²) < 4.78 is 0. The minimum atomic E-state index is -0.289. The summed E-state index contributed by atoms with van der Waals surface area (Å²) in [6, 6.07) is 15.1. The summed E-state index contributed by atoms with van der Waals surface area (Å²) in [7, 11) is 0. The van der Waals surface area contributed by atoms with Crippen LogP contribution in [-0.4, -0.2) is 35.0 Å². The Morgan fingerprint density at radius 3 is 2.69 bits per heavy atom. The molecule has 0 aliphatic heterocycles. The van der Waals surface area contributed by atoms with Gasteiger partial charge < -0.3 is 21.8 Å². The van der Waals surface area contributed by atoms with E-state index in [1.807, 2.05) is 36.4 Å². The number of nitrogens with zero attached hydrogens (tertiary/aromatic N) is 2. The standard InChI is InChI=1S/C20H22N6O.2ClH/c21-8-2-5-16(23)12-24-20(27)19-25-17-7-6-15(10-18(17)26-19)14-4-1-3-13(9-14)11-22;;/h1,3-4,6-7,9-10,16H,2,5,8,12,21,23H2,(H,24,27)(H,25,26);2*1H/t16-;;/m0../s1. The summed E-state index contributed by atoms with van der Waals surface area (Å²) in [5.74, 6) is -0.0404. The number of amides is 1. The Labute approximate surface area is 181 Å². The Morgan fingerprint density at radius 1 is 1.21 bits per heavy atom. The molecule has 0 aliphatic carbocycles. The SMILES string of the molecule is Cl.Cl.N#Cc1cccc(-c2ccc3nc(C(=O)NC[C@@H](N)CCCN)[nH]c3c2)c1. The van der Waals surface area contributed by atoms with E-state index in [2.05, 4.69) is 21.4 Å². The minimum absolute atomic E-state index is 0. The zero-order chi connectivity index (χ0) is 19.2. The van der Waals surface area contributed by atoms with Crippen molar-refractivity contribution in [2.24, 2.45) is 11.5 Å². The number of hydrogen-bond acceptors (Lipinski definition) is 5. The molecule has 154 valence electrons. The van der Waals surface area contributed by atoms with Crippen LogP contribution < -0.4 is 16.8 Å². The van der Waals surface area contributed by atoms with Gasteiger partial charge in [0.05, 0.1) is 22.7 Å². The number of nitrogens with two attached hydrogens (primary N) is 2. The maximum atomic E-state index is 12.3. The Kier molecular flexibility index (Phi) is 9.59. The molecule has 1 amide bonds. The predicted molar refractivity (Wildman–Crippen MR) is 119 cm³/mol. The first-order chi connectivity index (χ1) is 13.1. The summed E-state index contributed by atoms with van der Waals surface area (Å²) in [4.78, 5) is 19.7. The van der Waals surface area contributed by atoms with E-state index in [0.717, 1.165) is 29.5 Å². The van der Waals surface area contributed by atoms with Gasteiger partial charge in [0.15, 0.2) is 5.82 Å². The first-order valence-corrected chi connectivity index (χ1v) is 8.85. The van der Waals surface area contributed by atoms with Crippen LogP contribution in [-0.2, 0) is 0 Å². The highest BCUT2D eigenvalue weighted by Gasteiger charge is 2.13. The molecule has 0 saturated carbocycles. The second-order valence-electron chi connectivity index (χ2n) is 6.41. The molecular weight excluding hydrogens is 411 g/mol. The highest BCUT2D eigenvalue weighted by Crippen LogP contribution is 2.24. The largest absolute Gasteiger partial charge is 0.348 e. The minimum Gasteiger partial charge on any atom is -0.348 e. The number of rotatable bonds is 7. The van der Waals surface area contributed by atoms with E-state index in [4.69, 9.17) is 16.7 Å². The number of nitrogens with one attached hydrogen (secondary N) is 2. The highest BCUT2D eigenvalue weighted by molar-refractivity contribution is 5.95. The fraction of sp³-hybridized carbons (Fsp3) is 0.250. The van der Waals surface area contributed by atoms with E-state index in [1.165, 1.54) is 0 Å². The van der Waals surface area contributed by atoms with Gasteiger partial charge in [0.25, 0.3) is 5.91 Å². The van der Waals surface area contributed by atoms with Crippen LogP contribution in [0.4, 0.5) is 0 Å². The van der Waals surface area contributed by atoms with Gasteiger partial charge in [-0.3, -0.25) is 4.79 Å². The van der Waals surface area contributed by atoms with E-state index in [0.29, 0.717) is 24.2 Å². The predicted octanol–water partition coefficient (Wildman–Crippen LogP) is 2.74. The topological polar surface area (TPSA) is 134 Å².